The molecule has 188 valence electrons. The van der Waals surface area contributed by atoms with Crippen molar-refractivity contribution in [1.82, 2.24) is 0 Å². The molecule has 0 aliphatic rings. The van der Waals surface area contributed by atoms with Crippen LogP contribution in [0.5, 0.6) is 0 Å². The second kappa shape index (κ2) is 12.4. The van der Waals surface area contributed by atoms with E-state index in [-0.39, 0.29) is 23.7 Å². The molecule has 0 bridgehead atoms. The van der Waals surface area contributed by atoms with Gasteiger partial charge in [-0.15, -0.1) is 9.05 Å². The molecule has 2 aromatic carbocycles. The molecule has 2 aromatic rings. The van der Waals surface area contributed by atoms with Crippen molar-refractivity contribution in [2.45, 2.75) is 88.9 Å². The molecule has 0 aliphatic heterocycles. The summed E-state index contributed by atoms with van der Waals surface area (Å²) >= 11 is 3.29. The minimum atomic E-state index is -2.38. The van der Waals surface area contributed by atoms with Gasteiger partial charge in [0.2, 0.25) is 0 Å². The molecule has 0 radical (unpaired) electrons. The first kappa shape index (κ1) is 29.4. The van der Waals surface area contributed by atoms with Crippen LogP contribution in [0.2, 0.25) is 0 Å². The monoisotopic (exact) mass is 521 g/mol. The molecule has 0 unspecified atom stereocenters. The van der Waals surface area contributed by atoms with E-state index < -0.39 is 18.1 Å². The van der Waals surface area contributed by atoms with Gasteiger partial charge in [0.05, 0.1) is 0 Å². The van der Waals surface area contributed by atoms with E-state index >= 15 is 0 Å². The summed E-state index contributed by atoms with van der Waals surface area (Å²) in [5, 5.41) is 0. The van der Waals surface area contributed by atoms with Crippen LogP contribution in [0.25, 0.3) is 0 Å². The third-order valence-corrected chi connectivity index (χ3v) is 11.1. The van der Waals surface area contributed by atoms with Gasteiger partial charge in [0.1, 0.15) is 0 Å². The Morgan fingerprint density at radius 3 is 1.09 bits per heavy atom. The third kappa shape index (κ3) is 7.11. The van der Waals surface area contributed by atoms with Crippen molar-refractivity contribution in [3.63, 3.8) is 0 Å². The number of aryl methyl sites for hydroxylation is 2. The second-order valence-corrected chi connectivity index (χ2v) is 13.7. The van der Waals surface area contributed by atoms with Gasteiger partial charge in [-0.25, -0.2) is 0 Å². The zero-order chi connectivity index (χ0) is 25.7. The van der Waals surface area contributed by atoms with Gasteiger partial charge in [-0.1, -0.05) is 114 Å². The molecule has 0 fully saturated rings. The molecule has 0 saturated carbocycles. The first-order chi connectivity index (χ1) is 15.8. The van der Waals surface area contributed by atoms with E-state index in [1.54, 1.807) is 23.5 Å². The summed E-state index contributed by atoms with van der Waals surface area (Å²) in [5.74, 6) is 0.495. The Morgan fingerprint density at radius 2 is 0.853 bits per heavy atom. The van der Waals surface area contributed by atoms with E-state index in [1.165, 1.54) is 11.1 Å². The van der Waals surface area contributed by atoms with Crippen molar-refractivity contribution < 1.29 is 13.6 Å². The molecule has 0 aliphatic carbocycles. The number of hydrogen-bond donors (Lipinski definition) is 0. The molecular formula is C28H42O3PS2+. The third-order valence-electron chi connectivity index (χ3n) is 6.25. The van der Waals surface area contributed by atoms with E-state index in [2.05, 4.69) is 118 Å². The van der Waals surface area contributed by atoms with E-state index in [1.807, 2.05) is 0 Å². The van der Waals surface area contributed by atoms with Crippen LogP contribution in [-0.2, 0) is 13.6 Å². The average Bonchev–Trinajstić information content (AvgIpc) is 2.75. The van der Waals surface area contributed by atoms with Crippen LogP contribution in [0.3, 0.4) is 0 Å². The van der Waals surface area contributed by atoms with Crippen molar-refractivity contribution >= 4 is 31.8 Å². The van der Waals surface area contributed by atoms with Crippen molar-refractivity contribution in [2.24, 2.45) is 23.7 Å². The minimum absolute atomic E-state index is 0.124. The topological polar surface area (TPSA) is 35.5 Å². The van der Waals surface area contributed by atoms with Crippen molar-refractivity contribution in [3.05, 3.63) is 59.7 Å². The zero-order valence-electron chi connectivity index (χ0n) is 22.4. The predicted octanol–water partition coefficient (Wildman–Crippen LogP) is 9.90. The SMILES string of the molecule is Cc1ccc(SC(O[P+](=O)OC(Sc2ccc(C)cc2)(C(C)C)C(C)C)(C(C)C)C(C)C)cc1. The fourth-order valence-corrected chi connectivity index (χ4v) is 8.33. The summed E-state index contributed by atoms with van der Waals surface area (Å²) in [6.45, 7) is 21.2. The van der Waals surface area contributed by atoms with Crippen molar-refractivity contribution in [1.29, 1.82) is 0 Å². The molecule has 0 spiro atoms. The van der Waals surface area contributed by atoms with E-state index in [9.17, 15) is 4.57 Å². The van der Waals surface area contributed by atoms with Gasteiger partial charge in [0.15, 0.2) is 9.87 Å². The highest BCUT2D eigenvalue weighted by atomic mass is 32.2. The molecule has 6 heteroatoms. The van der Waals surface area contributed by atoms with Gasteiger partial charge >= 0.3 is 8.25 Å². The summed E-state index contributed by atoms with van der Waals surface area (Å²) in [4.78, 5) is 0.835. The maximum atomic E-state index is 13.7. The lowest BCUT2D eigenvalue weighted by atomic mass is 9.95. The molecular weight excluding hydrogens is 479 g/mol. The van der Waals surface area contributed by atoms with Crippen LogP contribution in [0.15, 0.2) is 58.3 Å². The summed E-state index contributed by atoms with van der Waals surface area (Å²) in [5.41, 5.74) is 2.43. The summed E-state index contributed by atoms with van der Waals surface area (Å²) in [6.07, 6.45) is 0. The van der Waals surface area contributed by atoms with Gasteiger partial charge in [0.25, 0.3) is 0 Å². The summed E-state index contributed by atoms with van der Waals surface area (Å²) < 4.78 is 26.5. The standard InChI is InChI=1S/C28H42O3PS2/c1-19(2)27(20(3)4,33-25-15-11-23(9)12-16-25)30-32(29)31-28(21(5)6,22(7)8)34-26-17-13-24(10)14-18-26/h11-22H,1-10H3/q+1. The first-order valence-corrected chi connectivity index (χ1v) is 14.9. The molecule has 0 saturated heterocycles. The van der Waals surface area contributed by atoms with E-state index in [4.69, 9.17) is 9.05 Å². The largest absolute Gasteiger partial charge is 0.700 e. The highest BCUT2D eigenvalue weighted by Gasteiger charge is 2.54. The average molecular weight is 522 g/mol. The van der Waals surface area contributed by atoms with Gasteiger partial charge in [0, 0.05) is 14.4 Å². The molecule has 0 amide bonds. The van der Waals surface area contributed by atoms with E-state index in [0.717, 1.165) is 9.79 Å². The predicted molar refractivity (Wildman–Crippen MR) is 149 cm³/mol. The minimum Gasteiger partial charge on any atom is -0.100 e. The maximum absolute atomic E-state index is 13.7. The summed E-state index contributed by atoms with van der Waals surface area (Å²) in [6, 6.07) is 16.8. The number of rotatable bonds is 12. The highest BCUT2D eigenvalue weighted by Crippen LogP contribution is 2.55. The van der Waals surface area contributed by atoms with Crippen molar-refractivity contribution in [3.8, 4) is 0 Å². The fourth-order valence-electron chi connectivity index (χ4n) is 4.10. The quantitative estimate of drug-likeness (QED) is 0.158. The van der Waals surface area contributed by atoms with Crippen LogP contribution >= 0.6 is 31.8 Å². The van der Waals surface area contributed by atoms with Crippen LogP contribution in [0.1, 0.15) is 66.5 Å². The molecule has 0 atom stereocenters. The van der Waals surface area contributed by atoms with Crippen molar-refractivity contribution in [2.75, 3.05) is 0 Å². The number of thioether (sulfide) groups is 2. The molecule has 0 aromatic heterocycles. The Morgan fingerprint density at radius 1 is 0.588 bits per heavy atom. The van der Waals surface area contributed by atoms with Gasteiger partial charge in [-0.2, -0.15) is 0 Å². The maximum Gasteiger partial charge on any atom is 0.700 e. The van der Waals surface area contributed by atoms with Crippen LogP contribution in [0.4, 0.5) is 0 Å². The summed E-state index contributed by atoms with van der Waals surface area (Å²) in [7, 11) is -2.38. The Bertz CT molecular complexity index is 830. The highest BCUT2D eigenvalue weighted by molar-refractivity contribution is 8.01. The zero-order valence-corrected chi connectivity index (χ0v) is 24.9. The van der Waals surface area contributed by atoms with Gasteiger partial charge in [-0.05, 0) is 61.8 Å². The van der Waals surface area contributed by atoms with Gasteiger partial charge < -0.3 is 0 Å². The first-order valence-electron chi connectivity index (χ1n) is 12.2. The Hall–Kier alpha value is -0.840. The van der Waals surface area contributed by atoms with Gasteiger partial charge in [-0.3, -0.25) is 0 Å². The molecule has 3 nitrogen and oxygen atoms in total. The molecule has 0 N–H and O–H groups in total. The Labute approximate surface area is 217 Å². The lowest BCUT2D eigenvalue weighted by molar-refractivity contribution is 0.0150. The van der Waals surface area contributed by atoms with Crippen LogP contribution < -0.4 is 0 Å². The lowest BCUT2D eigenvalue weighted by Crippen LogP contribution is -2.41. The fraction of sp³-hybridized carbons (Fsp3) is 0.571. The number of benzene rings is 2. The van der Waals surface area contributed by atoms with E-state index in [0.29, 0.717) is 0 Å². The molecule has 34 heavy (non-hydrogen) atoms. The Kier molecular flexibility index (Phi) is 10.7. The molecule has 0 heterocycles. The second-order valence-electron chi connectivity index (χ2n) is 10.3. The molecule has 2 rings (SSSR count). The van der Waals surface area contributed by atoms with Crippen LogP contribution in [-0.4, -0.2) is 9.87 Å². The lowest BCUT2D eigenvalue weighted by Gasteiger charge is -2.37. The number of hydrogen-bond acceptors (Lipinski definition) is 5. The van der Waals surface area contributed by atoms with Crippen LogP contribution in [0, 0.1) is 37.5 Å². The Balaban J connectivity index is 2.37. The normalized spacial score (nSPS) is 12.9. The smallest absolute Gasteiger partial charge is 0.100 e.